The Morgan fingerprint density at radius 3 is 2.95 bits per heavy atom. The van der Waals surface area contributed by atoms with Crippen molar-refractivity contribution in [2.75, 3.05) is 38.6 Å². The van der Waals surface area contributed by atoms with Crippen molar-refractivity contribution < 1.29 is 9.18 Å². The van der Waals surface area contributed by atoms with Gasteiger partial charge in [-0.3, -0.25) is 9.69 Å². The van der Waals surface area contributed by atoms with Crippen molar-refractivity contribution in [3.63, 3.8) is 0 Å². The van der Waals surface area contributed by atoms with Crippen molar-refractivity contribution in [1.29, 1.82) is 0 Å². The number of carbonyl (C=O) groups excluding carboxylic acids is 1. The molecule has 1 aromatic carbocycles. The van der Waals surface area contributed by atoms with Crippen LogP contribution in [0.4, 0.5) is 10.1 Å². The van der Waals surface area contributed by atoms with Crippen molar-refractivity contribution in [2.24, 2.45) is 0 Å². The second kappa shape index (κ2) is 6.12. The third-order valence-electron chi connectivity index (χ3n) is 3.55. The van der Waals surface area contributed by atoms with Gasteiger partial charge in [-0.1, -0.05) is 6.07 Å². The molecule has 1 saturated heterocycles. The minimum Gasteiger partial charge on any atom is -0.320 e. The Hall–Kier alpha value is -1.46. The summed E-state index contributed by atoms with van der Waals surface area (Å²) in [5, 5.41) is 3.12. The van der Waals surface area contributed by atoms with Gasteiger partial charge >= 0.3 is 0 Å². The van der Waals surface area contributed by atoms with E-state index in [4.69, 9.17) is 0 Å². The van der Waals surface area contributed by atoms with Gasteiger partial charge in [0.25, 0.3) is 0 Å². The van der Waals surface area contributed by atoms with E-state index < -0.39 is 0 Å². The van der Waals surface area contributed by atoms with Gasteiger partial charge in [-0.25, -0.2) is 4.39 Å². The van der Waals surface area contributed by atoms with Crippen LogP contribution in [-0.2, 0) is 4.79 Å². The number of anilines is 1. The molecule has 1 atom stereocenters. The number of amides is 1. The molecule has 1 aliphatic heterocycles. The zero-order valence-electron chi connectivity index (χ0n) is 11.4. The van der Waals surface area contributed by atoms with Crippen LogP contribution in [0.1, 0.15) is 6.42 Å². The Morgan fingerprint density at radius 1 is 1.47 bits per heavy atom. The van der Waals surface area contributed by atoms with Crippen molar-refractivity contribution >= 4 is 11.6 Å². The number of nitrogens with zero attached hydrogens (tertiary/aromatic N) is 2. The van der Waals surface area contributed by atoms with Crippen LogP contribution in [0.3, 0.4) is 0 Å². The molecule has 1 N–H and O–H groups in total. The lowest BCUT2D eigenvalue weighted by Gasteiger charge is -2.39. The Balaban J connectivity index is 2.13. The van der Waals surface area contributed by atoms with Crippen LogP contribution < -0.4 is 10.2 Å². The maximum absolute atomic E-state index is 13.3. The number of rotatable bonds is 4. The predicted octanol–water partition coefficient (Wildman–Crippen LogP) is 1.08. The molecule has 1 unspecified atom stereocenters. The summed E-state index contributed by atoms with van der Waals surface area (Å²) in [4.78, 5) is 15.8. The Morgan fingerprint density at radius 2 is 2.26 bits per heavy atom. The quantitative estimate of drug-likeness (QED) is 0.885. The molecule has 0 bridgehead atoms. The Kier molecular flexibility index (Phi) is 4.50. The fourth-order valence-corrected chi connectivity index (χ4v) is 2.40. The molecular formula is C14H20FN3O. The molecule has 1 fully saturated rings. The summed E-state index contributed by atoms with van der Waals surface area (Å²) in [6, 6.07) is 6.52. The van der Waals surface area contributed by atoms with Gasteiger partial charge in [-0.15, -0.1) is 0 Å². The average molecular weight is 265 g/mol. The van der Waals surface area contributed by atoms with Crippen LogP contribution in [0, 0.1) is 5.82 Å². The van der Waals surface area contributed by atoms with Crippen molar-refractivity contribution in [3.05, 3.63) is 30.1 Å². The lowest BCUT2D eigenvalue weighted by Crippen LogP contribution is -2.55. The van der Waals surface area contributed by atoms with E-state index in [1.807, 2.05) is 14.1 Å². The topological polar surface area (TPSA) is 35.6 Å². The fourth-order valence-electron chi connectivity index (χ4n) is 2.40. The molecule has 19 heavy (non-hydrogen) atoms. The minimum absolute atomic E-state index is 0.0220. The van der Waals surface area contributed by atoms with E-state index in [0.29, 0.717) is 24.8 Å². The van der Waals surface area contributed by atoms with Crippen LogP contribution in [0.5, 0.6) is 0 Å². The van der Waals surface area contributed by atoms with Crippen molar-refractivity contribution in [3.8, 4) is 0 Å². The molecule has 4 nitrogen and oxygen atoms in total. The summed E-state index contributed by atoms with van der Waals surface area (Å²) in [7, 11) is 3.87. The summed E-state index contributed by atoms with van der Waals surface area (Å²) in [6.07, 6.45) is 0.964. The van der Waals surface area contributed by atoms with Gasteiger partial charge in [0.1, 0.15) is 5.82 Å². The number of piperazine rings is 1. The van der Waals surface area contributed by atoms with Crippen LogP contribution in [0.25, 0.3) is 0 Å². The van der Waals surface area contributed by atoms with Gasteiger partial charge < -0.3 is 10.2 Å². The lowest BCUT2D eigenvalue weighted by molar-refractivity contribution is -0.122. The molecule has 1 amide bonds. The Bertz CT molecular complexity index is 452. The highest BCUT2D eigenvalue weighted by atomic mass is 19.1. The van der Waals surface area contributed by atoms with Gasteiger partial charge in [0.2, 0.25) is 5.91 Å². The van der Waals surface area contributed by atoms with Gasteiger partial charge in [0.05, 0.1) is 6.54 Å². The third kappa shape index (κ3) is 3.30. The number of nitrogens with one attached hydrogen (secondary N) is 1. The summed E-state index contributed by atoms with van der Waals surface area (Å²) in [5.41, 5.74) is 0.646. The minimum atomic E-state index is -0.309. The fraction of sp³-hybridized carbons (Fsp3) is 0.500. The van der Waals surface area contributed by atoms with Crippen LogP contribution in [0.15, 0.2) is 24.3 Å². The molecule has 104 valence electrons. The number of carbonyl (C=O) groups is 1. The highest BCUT2D eigenvalue weighted by Gasteiger charge is 2.30. The number of halogens is 1. The van der Waals surface area contributed by atoms with Gasteiger partial charge in [0, 0.05) is 18.3 Å². The molecule has 0 saturated carbocycles. The molecule has 0 aromatic heterocycles. The van der Waals surface area contributed by atoms with Crippen molar-refractivity contribution in [1.82, 2.24) is 10.2 Å². The Labute approximate surface area is 113 Å². The van der Waals surface area contributed by atoms with E-state index in [1.165, 1.54) is 12.1 Å². The largest absolute Gasteiger partial charge is 0.320 e. The van der Waals surface area contributed by atoms with Crippen LogP contribution in [0.2, 0.25) is 0 Å². The van der Waals surface area contributed by atoms with Crippen LogP contribution >= 0.6 is 0 Å². The van der Waals surface area contributed by atoms with E-state index in [1.54, 1.807) is 17.0 Å². The third-order valence-corrected chi connectivity index (χ3v) is 3.55. The summed E-state index contributed by atoms with van der Waals surface area (Å²) < 4.78 is 13.3. The molecule has 1 aromatic rings. The average Bonchev–Trinajstić information content (AvgIpc) is 2.38. The van der Waals surface area contributed by atoms with E-state index in [2.05, 4.69) is 10.2 Å². The number of hydrogen-bond donors (Lipinski definition) is 1. The second-order valence-electron chi connectivity index (χ2n) is 4.95. The van der Waals surface area contributed by atoms with Crippen molar-refractivity contribution in [2.45, 2.75) is 12.5 Å². The predicted molar refractivity (Wildman–Crippen MR) is 73.7 cm³/mol. The van der Waals surface area contributed by atoms with Gasteiger partial charge in [-0.2, -0.15) is 0 Å². The van der Waals surface area contributed by atoms with E-state index in [9.17, 15) is 9.18 Å². The standard InChI is InChI=1S/C14H20FN3O/c1-16-7-6-13-9-18(14(19)10-17(13)2)12-5-3-4-11(15)8-12/h3-5,8,13,16H,6-7,9-10H2,1-2H3. The summed E-state index contributed by atoms with van der Waals surface area (Å²) in [6.45, 7) is 1.89. The highest BCUT2D eigenvalue weighted by molar-refractivity contribution is 5.95. The van der Waals surface area contributed by atoms with Gasteiger partial charge in [-0.05, 0) is 45.3 Å². The molecule has 2 rings (SSSR count). The first kappa shape index (κ1) is 14.0. The molecule has 5 heteroatoms. The summed E-state index contributed by atoms with van der Waals surface area (Å²) >= 11 is 0. The SMILES string of the molecule is CNCCC1CN(c2cccc(F)c2)C(=O)CN1C. The molecule has 0 radical (unpaired) electrons. The van der Waals surface area contributed by atoms with E-state index in [0.717, 1.165) is 13.0 Å². The maximum atomic E-state index is 13.3. The molecule has 1 aliphatic rings. The monoisotopic (exact) mass is 265 g/mol. The normalized spacial score (nSPS) is 20.9. The molecular weight excluding hydrogens is 245 g/mol. The first-order chi connectivity index (χ1) is 9.11. The zero-order valence-corrected chi connectivity index (χ0v) is 11.4. The highest BCUT2D eigenvalue weighted by Crippen LogP contribution is 2.21. The molecule has 0 aliphatic carbocycles. The zero-order chi connectivity index (χ0) is 13.8. The first-order valence-corrected chi connectivity index (χ1v) is 6.52. The van der Waals surface area contributed by atoms with Gasteiger partial charge in [0.15, 0.2) is 0 Å². The van der Waals surface area contributed by atoms with E-state index in [-0.39, 0.29) is 11.7 Å². The number of hydrogen-bond acceptors (Lipinski definition) is 3. The lowest BCUT2D eigenvalue weighted by atomic mass is 10.1. The summed E-state index contributed by atoms with van der Waals surface area (Å²) in [5.74, 6) is -0.287. The maximum Gasteiger partial charge on any atom is 0.241 e. The first-order valence-electron chi connectivity index (χ1n) is 6.52. The molecule has 0 spiro atoms. The second-order valence-corrected chi connectivity index (χ2v) is 4.95. The number of likely N-dealkylation sites (N-methyl/N-ethyl adjacent to an activating group) is 1. The van der Waals surface area contributed by atoms with Crippen LogP contribution in [-0.4, -0.2) is 50.6 Å². The number of benzene rings is 1. The smallest absolute Gasteiger partial charge is 0.241 e. The molecule has 1 heterocycles. The van der Waals surface area contributed by atoms with E-state index >= 15 is 0 Å².